The second-order valence-electron chi connectivity index (χ2n) is 4.94. The third kappa shape index (κ3) is 2.89. The molecule has 3 atom stereocenters. The van der Waals surface area contributed by atoms with E-state index in [1.54, 1.807) is 0 Å². The van der Waals surface area contributed by atoms with Crippen LogP contribution in [-0.4, -0.2) is 47.6 Å². The minimum Gasteiger partial charge on any atom is -0.311 e. The van der Waals surface area contributed by atoms with E-state index in [0.29, 0.717) is 6.04 Å². The van der Waals surface area contributed by atoms with Crippen LogP contribution in [0.25, 0.3) is 0 Å². The van der Waals surface area contributed by atoms with Crippen molar-refractivity contribution < 1.29 is 0 Å². The zero-order chi connectivity index (χ0) is 10.7. The predicted molar refractivity (Wildman–Crippen MR) is 68.6 cm³/mol. The van der Waals surface area contributed by atoms with Crippen LogP contribution in [0.1, 0.15) is 33.1 Å². The molecule has 2 saturated heterocycles. The lowest BCUT2D eigenvalue weighted by molar-refractivity contribution is 0.0870. The third-order valence-electron chi connectivity index (χ3n) is 3.73. The molecule has 0 amide bonds. The molecule has 0 aromatic heterocycles. The first-order chi connectivity index (χ1) is 7.31. The Morgan fingerprint density at radius 2 is 2.33 bits per heavy atom. The summed E-state index contributed by atoms with van der Waals surface area (Å²) in [6.45, 7) is 7.09. The minimum absolute atomic E-state index is 0.680. The second kappa shape index (κ2) is 5.55. The maximum atomic E-state index is 3.60. The fourth-order valence-corrected chi connectivity index (χ4v) is 3.96. The van der Waals surface area contributed by atoms with Crippen LogP contribution in [-0.2, 0) is 0 Å². The molecule has 2 rings (SSSR count). The molecule has 0 radical (unpaired) electrons. The van der Waals surface area contributed by atoms with Crippen molar-refractivity contribution in [2.75, 3.05) is 24.6 Å². The van der Waals surface area contributed by atoms with E-state index in [-0.39, 0.29) is 0 Å². The molecule has 2 aliphatic heterocycles. The SMILES string of the molecule is CCC1CNC(C)CN1C1CCCSC1. The van der Waals surface area contributed by atoms with Gasteiger partial charge in [0, 0.05) is 37.0 Å². The van der Waals surface area contributed by atoms with Crippen molar-refractivity contribution >= 4 is 11.8 Å². The van der Waals surface area contributed by atoms with E-state index in [9.17, 15) is 0 Å². The average molecular weight is 228 g/mol. The fraction of sp³-hybridized carbons (Fsp3) is 1.00. The topological polar surface area (TPSA) is 15.3 Å². The normalized spacial score (nSPS) is 39.2. The molecule has 2 nitrogen and oxygen atoms in total. The van der Waals surface area contributed by atoms with Crippen molar-refractivity contribution in [3.63, 3.8) is 0 Å². The van der Waals surface area contributed by atoms with E-state index >= 15 is 0 Å². The lowest BCUT2D eigenvalue weighted by Gasteiger charge is -2.44. The van der Waals surface area contributed by atoms with E-state index in [4.69, 9.17) is 0 Å². The molecular weight excluding hydrogens is 204 g/mol. The van der Waals surface area contributed by atoms with Crippen molar-refractivity contribution in [1.29, 1.82) is 0 Å². The molecular formula is C12H24N2S. The third-order valence-corrected chi connectivity index (χ3v) is 4.93. The first kappa shape index (κ1) is 11.7. The van der Waals surface area contributed by atoms with Crippen molar-refractivity contribution in [2.45, 2.75) is 51.2 Å². The molecule has 0 aromatic rings. The van der Waals surface area contributed by atoms with Gasteiger partial charge in [0.05, 0.1) is 0 Å². The summed E-state index contributed by atoms with van der Waals surface area (Å²) >= 11 is 2.15. The van der Waals surface area contributed by atoms with E-state index in [0.717, 1.165) is 12.1 Å². The highest BCUT2D eigenvalue weighted by atomic mass is 32.2. The molecule has 0 aliphatic carbocycles. The lowest BCUT2D eigenvalue weighted by Crippen LogP contribution is -2.59. The van der Waals surface area contributed by atoms with Gasteiger partial charge in [0.2, 0.25) is 0 Å². The maximum Gasteiger partial charge on any atom is 0.0222 e. The largest absolute Gasteiger partial charge is 0.311 e. The maximum absolute atomic E-state index is 3.60. The first-order valence-electron chi connectivity index (χ1n) is 6.38. The zero-order valence-corrected chi connectivity index (χ0v) is 10.9. The Morgan fingerprint density at radius 3 is 3.00 bits per heavy atom. The molecule has 3 heteroatoms. The summed E-state index contributed by atoms with van der Waals surface area (Å²) in [5, 5.41) is 3.60. The van der Waals surface area contributed by atoms with Crippen LogP contribution < -0.4 is 5.32 Å². The molecule has 3 unspecified atom stereocenters. The molecule has 15 heavy (non-hydrogen) atoms. The molecule has 0 bridgehead atoms. The highest BCUT2D eigenvalue weighted by Gasteiger charge is 2.30. The number of thioether (sulfide) groups is 1. The van der Waals surface area contributed by atoms with Crippen LogP contribution in [0.4, 0.5) is 0 Å². The Balaban J connectivity index is 1.95. The van der Waals surface area contributed by atoms with Gasteiger partial charge >= 0.3 is 0 Å². The number of rotatable bonds is 2. The van der Waals surface area contributed by atoms with Crippen molar-refractivity contribution in [1.82, 2.24) is 10.2 Å². The van der Waals surface area contributed by atoms with Gasteiger partial charge in [-0.2, -0.15) is 11.8 Å². The van der Waals surface area contributed by atoms with Gasteiger partial charge in [-0.25, -0.2) is 0 Å². The monoisotopic (exact) mass is 228 g/mol. The van der Waals surface area contributed by atoms with E-state index < -0.39 is 0 Å². The Labute approximate surface area is 98.2 Å². The van der Waals surface area contributed by atoms with Gasteiger partial charge in [0.25, 0.3) is 0 Å². The number of hydrogen-bond donors (Lipinski definition) is 1. The summed E-state index contributed by atoms with van der Waals surface area (Å²) in [4.78, 5) is 2.79. The molecule has 88 valence electrons. The number of piperazine rings is 1. The fourth-order valence-electron chi connectivity index (χ4n) is 2.80. The second-order valence-corrected chi connectivity index (χ2v) is 6.09. The van der Waals surface area contributed by atoms with E-state index in [1.165, 1.54) is 43.9 Å². The Morgan fingerprint density at radius 1 is 1.47 bits per heavy atom. The number of nitrogens with one attached hydrogen (secondary N) is 1. The predicted octanol–water partition coefficient (Wildman–Crippen LogP) is 1.95. The van der Waals surface area contributed by atoms with Crippen molar-refractivity contribution in [3.05, 3.63) is 0 Å². The summed E-state index contributed by atoms with van der Waals surface area (Å²) in [6, 6.07) is 2.32. The quantitative estimate of drug-likeness (QED) is 0.778. The summed E-state index contributed by atoms with van der Waals surface area (Å²) in [5.74, 6) is 2.75. The van der Waals surface area contributed by atoms with Crippen LogP contribution >= 0.6 is 11.8 Å². The summed E-state index contributed by atoms with van der Waals surface area (Å²) in [7, 11) is 0. The van der Waals surface area contributed by atoms with Gasteiger partial charge in [-0.3, -0.25) is 4.90 Å². The summed E-state index contributed by atoms with van der Waals surface area (Å²) < 4.78 is 0. The molecule has 0 aromatic carbocycles. The van der Waals surface area contributed by atoms with Crippen LogP contribution in [0, 0.1) is 0 Å². The van der Waals surface area contributed by atoms with Gasteiger partial charge in [0.15, 0.2) is 0 Å². The van der Waals surface area contributed by atoms with Gasteiger partial charge < -0.3 is 5.32 Å². The number of hydrogen-bond acceptors (Lipinski definition) is 3. The zero-order valence-electron chi connectivity index (χ0n) is 10.0. The Kier molecular flexibility index (Phi) is 4.35. The van der Waals surface area contributed by atoms with Crippen LogP contribution in [0.2, 0.25) is 0 Å². The van der Waals surface area contributed by atoms with Crippen molar-refractivity contribution in [3.8, 4) is 0 Å². The highest BCUT2D eigenvalue weighted by molar-refractivity contribution is 7.99. The van der Waals surface area contributed by atoms with Crippen LogP contribution in [0.15, 0.2) is 0 Å². The summed E-state index contributed by atoms with van der Waals surface area (Å²) in [6.07, 6.45) is 4.14. The molecule has 0 spiro atoms. The molecule has 1 N–H and O–H groups in total. The van der Waals surface area contributed by atoms with Gasteiger partial charge in [-0.1, -0.05) is 6.92 Å². The molecule has 2 aliphatic rings. The Bertz CT molecular complexity index is 192. The molecule has 2 fully saturated rings. The van der Waals surface area contributed by atoms with E-state index in [2.05, 4.69) is 35.8 Å². The summed E-state index contributed by atoms with van der Waals surface area (Å²) in [5.41, 5.74) is 0. The standard InChI is InChI=1S/C12H24N2S/c1-3-11-7-13-10(2)8-14(11)12-5-4-6-15-9-12/h10-13H,3-9H2,1-2H3. The molecule has 0 saturated carbocycles. The number of nitrogens with zero attached hydrogens (tertiary/aromatic N) is 1. The van der Waals surface area contributed by atoms with Gasteiger partial charge in [-0.05, 0) is 31.9 Å². The lowest BCUT2D eigenvalue weighted by atomic mass is 10.0. The molecule has 2 heterocycles. The first-order valence-corrected chi connectivity index (χ1v) is 7.53. The Hall–Kier alpha value is 0.270. The smallest absolute Gasteiger partial charge is 0.0222 e. The van der Waals surface area contributed by atoms with Gasteiger partial charge in [-0.15, -0.1) is 0 Å². The van der Waals surface area contributed by atoms with Gasteiger partial charge in [0.1, 0.15) is 0 Å². The highest BCUT2D eigenvalue weighted by Crippen LogP contribution is 2.25. The van der Waals surface area contributed by atoms with E-state index in [1.807, 2.05) is 0 Å². The average Bonchev–Trinajstić information content (AvgIpc) is 2.30. The van der Waals surface area contributed by atoms with Crippen molar-refractivity contribution in [2.24, 2.45) is 0 Å². The minimum atomic E-state index is 0.680. The van der Waals surface area contributed by atoms with Crippen LogP contribution in [0.5, 0.6) is 0 Å². The van der Waals surface area contributed by atoms with Crippen LogP contribution in [0.3, 0.4) is 0 Å².